The molecular weight excluding hydrogens is 647 g/mol. The topological polar surface area (TPSA) is 40.0 Å². The van der Waals surface area contributed by atoms with E-state index in [1.165, 1.54) is 43.4 Å². The number of hydrogen-bond donors (Lipinski definition) is 0. The average molecular weight is 676 g/mol. The summed E-state index contributed by atoms with van der Waals surface area (Å²) in [5.41, 5.74) is 12.2. The minimum absolute atomic E-state index is 0.874. The van der Waals surface area contributed by atoms with E-state index in [-0.39, 0.29) is 0 Å². The number of benzene rings is 7. The molecule has 0 radical (unpaired) electrons. The third-order valence-corrected chi connectivity index (χ3v) is 11.0. The first-order chi connectivity index (χ1) is 26.3. The van der Waals surface area contributed by atoms with E-state index in [0.717, 1.165) is 61.2 Å². The molecule has 0 saturated heterocycles. The first kappa shape index (κ1) is 28.5. The van der Waals surface area contributed by atoms with Gasteiger partial charge in [0.1, 0.15) is 11.5 Å². The van der Waals surface area contributed by atoms with Crippen LogP contribution in [0, 0.1) is 0 Å². The number of hydrogen-bond acceptors (Lipinski definition) is 2. The van der Waals surface area contributed by atoms with Gasteiger partial charge in [0, 0.05) is 44.2 Å². The molecule has 5 heterocycles. The SMILES string of the molecule is c1ccc(-n2c3ccccc3c3cc(-c4ccnc(-n5c6ccccc6c6ccc7c8ccccc8c8nc9ccccc9n8c7c65)c4)ccc32)cc1. The standard InChI is InChI=1S/C48H29N5/c1-2-12-32(13-3-1)51-41-19-9-7-16-35(41)39-28-30(22-25-43(39)51)31-26-27-49-45(29-31)52-42-20-10-6-15-34(42)37-24-23-36-33-14-4-5-17-38(33)48-50-40-18-8-11-21-44(40)53(48)47(36)46(37)52/h1-29H. The number of pyridine rings is 2. The average Bonchev–Trinajstić information content (AvgIpc) is 3.89. The minimum Gasteiger partial charge on any atom is -0.309 e. The Morgan fingerprint density at radius 3 is 1.79 bits per heavy atom. The van der Waals surface area contributed by atoms with E-state index >= 15 is 0 Å². The van der Waals surface area contributed by atoms with Crippen LogP contribution in [0.3, 0.4) is 0 Å². The first-order valence-electron chi connectivity index (χ1n) is 18.0. The summed E-state index contributed by atoms with van der Waals surface area (Å²) in [4.78, 5) is 10.3. The molecule has 0 N–H and O–H groups in total. The van der Waals surface area contributed by atoms with Crippen molar-refractivity contribution < 1.29 is 0 Å². The predicted octanol–water partition coefficient (Wildman–Crippen LogP) is 12.1. The number of para-hydroxylation sites is 5. The first-order valence-corrected chi connectivity index (χ1v) is 18.0. The molecule has 5 nitrogen and oxygen atoms in total. The fourth-order valence-corrected chi connectivity index (χ4v) is 8.80. The van der Waals surface area contributed by atoms with E-state index in [1.807, 2.05) is 6.20 Å². The van der Waals surface area contributed by atoms with Crippen LogP contribution in [0.4, 0.5) is 0 Å². The zero-order valence-electron chi connectivity index (χ0n) is 28.5. The van der Waals surface area contributed by atoms with Crippen molar-refractivity contribution in [3.63, 3.8) is 0 Å². The van der Waals surface area contributed by atoms with Gasteiger partial charge in [0.25, 0.3) is 0 Å². The van der Waals surface area contributed by atoms with Crippen molar-refractivity contribution in [2.24, 2.45) is 0 Å². The maximum absolute atomic E-state index is 5.21. The van der Waals surface area contributed by atoms with E-state index in [0.29, 0.717) is 0 Å². The largest absolute Gasteiger partial charge is 0.309 e. The second kappa shape index (κ2) is 10.6. The molecule has 5 aromatic heterocycles. The Hall–Kier alpha value is -7.24. The van der Waals surface area contributed by atoms with Gasteiger partial charge in [0.05, 0.1) is 38.6 Å². The summed E-state index contributed by atoms with van der Waals surface area (Å²) < 4.78 is 7.09. The lowest BCUT2D eigenvalue weighted by molar-refractivity contribution is 1.08. The summed E-state index contributed by atoms with van der Waals surface area (Å²) in [7, 11) is 0. The second-order valence-corrected chi connectivity index (χ2v) is 13.8. The summed E-state index contributed by atoms with van der Waals surface area (Å²) >= 11 is 0. The van der Waals surface area contributed by atoms with E-state index in [9.17, 15) is 0 Å². The van der Waals surface area contributed by atoms with Crippen molar-refractivity contribution in [1.82, 2.24) is 23.5 Å². The van der Waals surface area contributed by atoms with Gasteiger partial charge in [0.15, 0.2) is 0 Å². The highest BCUT2D eigenvalue weighted by Gasteiger charge is 2.22. The van der Waals surface area contributed by atoms with Crippen LogP contribution in [0.5, 0.6) is 0 Å². The third-order valence-electron chi connectivity index (χ3n) is 11.0. The molecule has 0 bridgehead atoms. The Bertz CT molecular complexity index is 3460. The van der Waals surface area contributed by atoms with Crippen molar-refractivity contribution in [3.05, 3.63) is 176 Å². The fourth-order valence-electron chi connectivity index (χ4n) is 8.80. The summed E-state index contributed by atoms with van der Waals surface area (Å²) in [5.74, 6) is 0.874. The van der Waals surface area contributed by atoms with Gasteiger partial charge in [-0.1, -0.05) is 109 Å². The molecule has 0 fully saturated rings. The zero-order chi connectivity index (χ0) is 34.6. The van der Waals surface area contributed by atoms with Crippen LogP contribution in [0.1, 0.15) is 0 Å². The predicted molar refractivity (Wildman–Crippen MR) is 220 cm³/mol. The van der Waals surface area contributed by atoms with Crippen LogP contribution in [-0.4, -0.2) is 23.5 Å². The van der Waals surface area contributed by atoms with Gasteiger partial charge in [-0.2, -0.15) is 0 Å². The summed E-state index contributed by atoms with van der Waals surface area (Å²) in [6.45, 7) is 0. The van der Waals surface area contributed by atoms with Crippen LogP contribution in [-0.2, 0) is 0 Å². The van der Waals surface area contributed by atoms with Gasteiger partial charge in [0.2, 0.25) is 0 Å². The van der Waals surface area contributed by atoms with Gasteiger partial charge in [-0.05, 0) is 77.2 Å². The normalized spacial score (nSPS) is 12.2. The number of aromatic nitrogens is 5. The van der Waals surface area contributed by atoms with Gasteiger partial charge in [-0.25, -0.2) is 9.97 Å². The van der Waals surface area contributed by atoms with Crippen LogP contribution < -0.4 is 0 Å². The Balaban J connectivity index is 1.16. The highest BCUT2D eigenvalue weighted by molar-refractivity contribution is 6.24. The Kier molecular flexibility index (Phi) is 5.71. The molecule has 0 saturated carbocycles. The highest BCUT2D eigenvalue weighted by atomic mass is 15.1. The molecule has 0 aliphatic rings. The van der Waals surface area contributed by atoms with Gasteiger partial charge < -0.3 is 4.57 Å². The Labute approximate surface area is 303 Å². The van der Waals surface area contributed by atoms with Crippen molar-refractivity contribution in [2.45, 2.75) is 0 Å². The monoisotopic (exact) mass is 675 g/mol. The molecule has 12 rings (SSSR count). The van der Waals surface area contributed by atoms with E-state index in [4.69, 9.17) is 9.97 Å². The Morgan fingerprint density at radius 2 is 0.981 bits per heavy atom. The van der Waals surface area contributed by atoms with Crippen LogP contribution in [0.25, 0.3) is 105 Å². The molecule has 0 aliphatic carbocycles. The Morgan fingerprint density at radius 1 is 0.377 bits per heavy atom. The molecule has 0 spiro atoms. The van der Waals surface area contributed by atoms with Crippen molar-refractivity contribution >= 4 is 82.0 Å². The molecular formula is C48H29N5. The molecule has 5 heteroatoms. The molecule has 0 amide bonds. The van der Waals surface area contributed by atoms with Crippen LogP contribution >= 0.6 is 0 Å². The highest BCUT2D eigenvalue weighted by Crippen LogP contribution is 2.41. The van der Waals surface area contributed by atoms with Crippen LogP contribution in [0.2, 0.25) is 0 Å². The fraction of sp³-hybridized carbons (Fsp3) is 0. The van der Waals surface area contributed by atoms with Gasteiger partial charge >= 0.3 is 0 Å². The lowest BCUT2D eigenvalue weighted by atomic mass is 10.0. The quantitative estimate of drug-likeness (QED) is 0.175. The van der Waals surface area contributed by atoms with E-state index in [2.05, 4.69) is 183 Å². The molecule has 53 heavy (non-hydrogen) atoms. The van der Waals surface area contributed by atoms with Gasteiger partial charge in [-0.15, -0.1) is 0 Å². The third kappa shape index (κ3) is 3.91. The number of rotatable bonds is 3. The molecule has 0 atom stereocenters. The van der Waals surface area contributed by atoms with Gasteiger partial charge in [-0.3, -0.25) is 8.97 Å². The molecule has 246 valence electrons. The van der Waals surface area contributed by atoms with E-state index < -0.39 is 0 Å². The number of imidazole rings is 1. The maximum atomic E-state index is 5.21. The summed E-state index contributed by atoms with van der Waals surface area (Å²) in [6, 6.07) is 60.9. The summed E-state index contributed by atoms with van der Waals surface area (Å²) in [6.07, 6.45) is 1.95. The molecule has 7 aromatic carbocycles. The molecule has 0 unspecified atom stereocenters. The van der Waals surface area contributed by atoms with E-state index in [1.54, 1.807) is 0 Å². The number of nitrogens with zero attached hydrogens (tertiary/aromatic N) is 5. The van der Waals surface area contributed by atoms with Crippen molar-refractivity contribution in [3.8, 4) is 22.6 Å². The smallest absolute Gasteiger partial charge is 0.146 e. The maximum Gasteiger partial charge on any atom is 0.146 e. The molecule has 12 aromatic rings. The second-order valence-electron chi connectivity index (χ2n) is 13.8. The van der Waals surface area contributed by atoms with Crippen molar-refractivity contribution in [2.75, 3.05) is 0 Å². The summed E-state index contributed by atoms with van der Waals surface area (Å²) in [5, 5.41) is 8.35. The van der Waals surface area contributed by atoms with Crippen LogP contribution in [0.15, 0.2) is 176 Å². The van der Waals surface area contributed by atoms with Crippen molar-refractivity contribution in [1.29, 1.82) is 0 Å². The zero-order valence-corrected chi connectivity index (χ0v) is 28.5. The lowest BCUT2D eigenvalue weighted by Crippen LogP contribution is -2.00. The number of fused-ring (bicyclic) bond motifs is 15. The molecule has 0 aliphatic heterocycles. The minimum atomic E-state index is 0.874. The lowest BCUT2D eigenvalue weighted by Gasteiger charge is -2.14.